The lowest BCUT2D eigenvalue weighted by Gasteiger charge is -2.19. The van der Waals surface area contributed by atoms with Gasteiger partial charge in [0.1, 0.15) is 0 Å². The number of carbonyl (C=O) groups excluding carboxylic acids is 1. The zero-order valence-electron chi connectivity index (χ0n) is 12.0. The Hall–Kier alpha value is -1.26. The molecule has 0 aliphatic heterocycles. The number of hydrogen-bond donors (Lipinski definition) is 2. The number of rotatable bonds is 6. The van der Waals surface area contributed by atoms with E-state index in [1.165, 1.54) is 0 Å². The maximum absolute atomic E-state index is 11.8. The van der Waals surface area contributed by atoms with Crippen LogP contribution < -0.4 is 10.9 Å². The second-order valence-corrected chi connectivity index (χ2v) is 4.99. The SMILES string of the molecule is CCN(CC)CC(=O)NNc1c(C)cc(Cl)cc1C. The summed E-state index contributed by atoms with van der Waals surface area (Å²) >= 11 is 5.97. The minimum absolute atomic E-state index is 0.0440. The van der Waals surface area contributed by atoms with Crippen molar-refractivity contribution in [1.82, 2.24) is 10.3 Å². The van der Waals surface area contributed by atoms with E-state index in [0.29, 0.717) is 11.6 Å². The first kappa shape index (κ1) is 15.8. The summed E-state index contributed by atoms with van der Waals surface area (Å²) in [6.45, 7) is 10.1. The first-order chi connectivity index (χ1) is 8.97. The quantitative estimate of drug-likeness (QED) is 0.789. The number of carbonyl (C=O) groups is 1. The molecule has 0 unspecified atom stereocenters. The number of aryl methyl sites for hydroxylation is 2. The van der Waals surface area contributed by atoms with Crippen molar-refractivity contribution in [1.29, 1.82) is 0 Å². The first-order valence-corrected chi connectivity index (χ1v) is 6.89. The van der Waals surface area contributed by atoms with E-state index >= 15 is 0 Å². The van der Waals surface area contributed by atoms with Crippen molar-refractivity contribution in [3.63, 3.8) is 0 Å². The highest BCUT2D eigenvalue weighted by Gasteiger charge is 2.08. The molecule has 0 saturated carbocycles. The number of nitrogens with zero attached hydrogens (tertiary/aromatic N) is 1. The van der Waals surface area contributed by atoms with Crippen LogP contribution in [0.3, 0.4) is 0 Å². The number of amides is 1. The zero-order chi connectivity index (χ0) is 14.4. The highest BCUT2D eigenvalue weighted by atomic mass is 35.5. The second-order valence-electron chi connectivity index (χ2n) is 4.55. The van der Waals surface area contributed by atoms with Crippen molar-refractivity contribution in [3.05, 3.63) is 28.3 Å². The smallest absolute Gasteiger partial charge is 0.252 e. The molecule has 1 rings (SSSR count). The Kier molecular flexibility index (Phi) is 6.12. The van der Waals surface area contributed by atoms with E-state index < -0.39 is 0 Å². The van der Waals surface area contributed by atoms with Gasteiger partial charge in [-0.05, 0) is 50.2 Å². The maximum Gasteiger partial charge on any atom is 0.252 e. The lowest BCUT2D eigenvalue weighted by Crippen LogP contribution is -2.39. The summed E-state index contributed by atoms with van der Waals surface area (Å²) in [7, 11) is 0. The molecular formula is C14H22ClN3O. The Balaban J connectivity index is 2.60. The fourth-order valence-corrected chi connectivity index (χ4v) is 2.26. The van der Waals surface area contributed by atoms with Gasteiger partial charge in [-0.1, -0.05) is 25.4 Å². The Morgan fingerprint density at radius 3 is 2.21 bits per heavy atom. The molecule has 0 fully saturated rings. The summed E-state index contributed by atoms with van der Waals surface area (Å²) in [6, 6.07) is 3.74. The molecule has 0 saturated heterocycles. The van der Waals surface area contributed by atoms with E-state index in [1.54, 1.807) is 0 Å². The number of nitrogens with one attached hydrogen (secondary N) is 2. The van der Waals surface area contributed by atoms with Gasteiger partial charge < -0.3 is 0 Å². The molecule has 5 heteroatoms. The van der Waals surface area contributed by atoms with Gasteiger partial charge >= 0.3 is 0 Å². The number of halogens is 1. The summed E-state index contributed by atoms with van der Waals surface area (Å²) < 4.78 is 0. The Morgan fingerprint density at radius 2 is 1.74 bits per heavy atom. The second kappa shape index (κ2) is 7.36. The van der Waals surface area contributed by atoms with Crippen molar-refractivity contribution in [2.75, 3.05) is 25.1 Å². The van der Waals surface area contributed by atoms with Crippen LogP contribution in [0.25, 0.3) is 0 Å². The van der Waals surface area contributed by atoms with E-state index in [0.717, 1.165) is 29.9 Å². The number of hydrogen-bond acceptors (Lipinski definition) is 3. The zero-order valence-corrected chi connectivity index (χ0v) is 12.8. The van der Waals surface area contributed by atoms with Gasteiger partial charge in [0.25, 0.3) is 5.91 Å². The number of likely N-dealkylation sites (N-methyl/N-ethyl adjacent to an activating group) is 1. The fraction of sp³-hybridized carbons (Fsp3) is 0.500. The van der Waals surface area contributed by atoms with E-state index in [4.69, 9.17) is 11.6 Å². The van der Waals surface area contributed by atoms with E-state index in [-0.39, 0.29) is 5.91 Å². The Bertz CT molecular complexity index is 421. The summed E-state index contributed by atoms with van der Waals surface area (Å²) in [4.78, 5) is 13.8. The average Bonchev–Trinajstić information content (AvgIpc) is 2.34. The molecule has 0 aliphatic carbocycles. The first-order valence-electron chi connectivity index (χ1n) is 6.51. The van der Waals surface area contributed by atoms with Crippen molar-refractivity contribution in [3.8, 4) is 0 Å². The van der Waals surface area contributed by atoms with Gasteiger partial charge in [0.15, 0.2) is 0 Å². The van der Waals surface area contributed by atoms with Crippen molar-refractivity contribution in [2.45, 2.75) is 27.7 Å². The normalized spacial score (nSPS) is 10.6. The minimum atomic E-state index is -0.0440. The lowest BCUT2D eigenvalue weighted by atomic mass is 10.1. The van der Waals surface area contributed by atoms with Crippen LogP contribution in [0.1, 0.15) is 25.0 Å². The molecule has 1 aromatic rings. The Labute approximate surface area is 120 Å². The molecule has 2 N–H and O–H groups in total. The van der Waals surface area contributed by atoms with Crippen LogP contribution in [0.2, 0.25) is 5.02 Å². The monoisotopic (exact) mass is 283 g/mol. The molecule has 0 bridgehead atoms. The Morgan fingerprint density at radius 1 is 1.21 bits per heavy atom. The molecule has 1 aromatic carbocycles. The summed E-state index contributed by atoms with van der Waals surface area (Å²) in [5, 5.41) is 0.704. The van der Waals surface area contributed by atoms with Crippen LogP contribution in [0.4, 0.5) is 5.69 Å². The van der Waals surface area contributed by atoms with Gasteiger partial charge in [0, 0.05) is 5.02 Å². The fourth-order valence-electron chi connectivity index (χ4n) is 1.93. The van der Waals surface area contributed by atoms with E-state index in [1.807, 2.05) is 39.8 Å². The predicted octanol–water partition coefficient (Wildman–Crippen LogP) is 2.74. The minimum Gasteiger partial charge on any atom is -0.298 e. The lowest BCUT2D eigenvalue weighted by molar-refractivity contribution is -0.121. The molecule has 0 heterocycles. The van der Waals surface area contributed by atoms with Crippen molar-refractivity contribution < 1.29 is 4.79 Å². The van der Waals surface area contributed by atoms with Crippen LogP contribution in [0, 0.1) is 13.8 Å². The molecule has 0 aliphatic rings. The van der Waals surface area contributed by atoms with Gasteiger partial charge in [0.05, 0.1) is 12.2 Å². The van der Waals surface area contributed by atoms with Crippen LogP contribution in [-0.4, -0.2) is 30.4 Å². The topological polar surface area (TPSA) is 44.4 Å². The van der Waals surface area contributed by atoms with Gasteiger partial charge in [-0.25, -0.2) is 0 Å². The molecule has 1 amide bonds. The van der Waals surface area contributed by atoms with Gasteiger partial charge in [-0.15, -0.1) is 0 Å². The van der Waals surface area contributed by atoms with Crippen LogP contribution >= 0.6 is 11.6 Å². The number of benzene rings is 1. The number of hydrazine groups is 1. The maximum atomic E-state index is 11.8. The molecular weight excluding hydrogens is 262 g/mol. The van der Waals surface area contributed by atoms with Crippen LogP contribution in [0.5, 0.6) is 0 Å². The highest BCUT2D eigenvalue weighted by molar-refractivity contribution is 6.30. The highest BCUT2D eigenvalue weighted by Crippen LogP contribution is 2.23. The molecule has 106 valence electrons. The van der Waals surface area contributed by atoms with E-state index in [2.05, 4.69) is 15.8 Å². The molecule has 0 spiro atoms. The summed E-state index contributed by atoms with van der Waals surface area (Å²) in [5.74, 6) is -0.0440. The van der Waals surface area contributed by atoms with Gasteiger partial charge in [-0.2, -0.15) is 0 Å². The third-order valence-corrected chi connectivity index (χ3v) is 3.30. The van der Waals surface area contributed by atoms with Crippen molar-refractivity contribution in [2.24, 2.45) is 0 Å². The number of anilines is 1. The van der Waals surface area contributed by atoms with Crippen LogP contribution in [0.15, 0.2) is 12.1 Å². The molecule has 4 nitrogen and oxygen atoms in total. The van der Waals surface area contributed by atoms with Gasteiger partial charge in [0.2, 0.25) is 0 Å². The summed E-state index contributed by atoms with van der Waals surface area (Å²) in [5.41, 5.74) is 8.62. The van der Waals surface area contributed by atoms with E-state index in [9.17, 15) is 4.79 Å². The van der Waals surface area contributed by atoms with Crippen LogP contribution in [-0.2, 0) is 4.79 Å². The average molecular weight is 284 g/mol. The third kappa shape index (κ3) is 4.73. The third-order valence-electron chi connectivity index (χ3n) is 3.09. The standard InChI is InChI=1S/C14H22ClN3O/c1-5-18(6-2)9-13(19)16-17-14-10(3)7-12(15)8-11(14)4/h7-8,17H,5-6,9H2,1-4H3,(H,16,19). The molecule has 0 aromatic heterocycles. The molecule has 19 heavy (non-hydrogen) atoms. The largest absolute Gasteiger partial charge is 0.298 e. The van der Waals surface area contributed by atoms with Crippen molar-refractivity contribution >= 4 is 23.2 Å². The summed E-state index contributed by atoms with van der Waals surface area (Å²) in [6.07, 6.45) is 0. The molecule has 0 radical (unpaired) electrons. The molecule has 0 atom stereocenters. The predicted molar refractivity (Wildman–Crippen MR) is 80.5 cm³/mol. The van der Waals surface area contributed by atoms with Gasteiger partial charge in [-0.3, -0.25) is 20.5 Å².